The summed E-state index contributed by atoms with van der Waals surface area (Å²) in [6, 6.07) is 11.2. The lowest BCUT2D eigenvalue weighted by atomic mass is 9.91. The summed E-state index contributed by atoms with van der Waals surface area (Å²) in [7, 11) is 4.43. The highest BCUT2D eigenvalue weighted by atomic mass is 16.3. The van der Waals surface area contributed by atoms with E-state index in [-0.39, 0.29) is 6.10 Å². The van der Waals surface area contributed by atoms with Crippen LogP contribution in [0.15, 0.2) is 36.5 Å². The lowest BCUT2D eigenvalue weighted by Gasteiger charge is -2.34. The second-order valence-electron chi connectivity index (χ2n) is 10.9. The van der Waals surface area contributed by atoms with Crippen molar-refractivity contribution in [2.75, 3.05) is 58.3 Å². The Labute approximate surface area is 214 Å². The second-order valence-corrected chi connectivity index (χ2v) is 10.9. The van der Waals surface area contributed by atoms with Gasteiger partial charge in [-0.25, -0.2) is 4.98 Å². The molecule has 1 aliphatic carbocycles. The first-order valence-electron chi connectivity index (χ1n) is 13.5. The molecule has 0 bridgehead atoms. The van der Waals surface area contributed by atoms with Crippen LogP contribution >= 0.6 is 0 Å². The van der Waals surface area contributed by atoms with Crippen molar-refractivity contribution in [1.82, 2.24) is 29.1 Å². The highest BCUT2D eigenvalue weighted by Crippen LogP contribution is 2.34. The van der Waals surface area contributed by atoms with E-state index in [0.717, 1.165) is 83.0 Å². The van der Waals surface area contributed by atoms with Crippen molar-refractivity contribution in [3.05, 3.63) is 59.2 Å². The number of piperazine rings is 1. The van der Waals surface area contributed by atoms with E-state index in [1.807, 2.05) is 6.20 Å². The maximum Gasteiger partial charge on any atom is 0.138 e. The Hall–Kier alpha value is -2.52. The Balaban J connectivity index is 1.36. The number of aliphatic hydroxyl groups excluding tert-OH is 1. The minimum atomic E-state index is -0.225. The molecule has 3 aromatic rings. The van der Waals surface area contributed by atoms with Gasteiger partial charge in [0.1, 0.15) is 11.5 Å². The van der Waals surface area contributed by atoms with Gasteiger partial charge in [0.2, 0.25) is 0 Å². The molecule has 5 heterocycles. The maximum absolute atomic E-state index is 10.2. The Kier molecular flexibility index (Phi) is 6.69. The predicted molar refractivity (Wildman–Crippen MR) is 142 cm³/mol. The Morgan fingerprint density at radius 1 is 1.06 bits per heavy atom. The molecule has 0 saturated carbocycles. The van der Waals surface area contributed by atoms with Crippen LogP contribution in [0.1, 0.15) is 47.9 Å². The number of nitrogens with zero attached hydrogens (tertiary/aromatic N) is 7. The van der Waals surface area contributed by atoms with E-state index in [0.29, 0.717) is 6.04 Å². The quantitative estimate of drug-likeness (QED) is 0.571. The summed E-state index contributed by atoms with van der Waals surface area (Å²) in [5, 5.41) is 10.2. The van der Waals surface area contributed by atoms with Crippen LogP contribution in [0.2, 0.25) is 0 Å². The first kappa shape index (κ1) is 23.9. The van der Waals surface area contributed by atoms with Crippen LogP contribution in [0.4, 0.5) is 5.82 Å². The summed E-state index contributed by atoms with van der Waals surface area (Å²) < 4.78 is 2.40. The summed E-state index contributed by atoms with van der Waals surface area (Å²) in [5.41, 5.74) is 6.05. The van der Waals surface area contributed by atoms with Crippen molar-refractivity contribution >= 4 is 11.5 Å². The third-order valence-corrected chi connectivity index (χ3v) is 8.35. The molecule has 2 atom stereocenters. The average molecular weight is 490 g/mol. The van der Waals surface area contributed by atoms with Crippen LogP contribution in [0.5, 0.6) is 0 Å². The minimum absolute atomic E-state index is 0.225. The topological polar surface area (TPSA) is 63.4 Å². The van der Waals surface area contributed by atoms with Crippen molar-refractivity contribution < 1.29 is 5.11 Å². The number of fused-ring (bicyclic) bond motifs is 2. The number of rotatable bonds is 6. The Morgan fingerprint density at radius 3 is 2.72 bits per heavy atom. The maximum atomic E-state index is 10.2. The van der Waals surface area contributed by atoms with Gasteiger partial charge in [0, 0.05) is 58.6 Å². The van der Waals surface area contributed by atoms with E-state index in [9.17, 15) is 5.11 Å². The molecule has 6 rings (SSSR count). The summed E-state index contributed by atoms with van der Waals surface area (Å²) in [6.07, 6.45) is 6.01. The SMILES string of the molecule is CN1CCN(c2cccc3nc(CN(C)[C@H]4CCCc5cccnc54)c(CN4CCC(O)C4)n23)CC1. The van der Waals surface area contributed by atoms with Gasteiger partial charge in [-0.3, -0.25) is 19.2 Å². The third-order valence-electron chi connectivity index (χ3n) is 8.35. The monoisotopic (exact) mass is 489 g/mol. The largest absolute Gasteiger partial charge is 0.392 e. The second kappa shape index (κ2) is 10.1. The van der Waals surface area contributed by atoms with Gasteiger partial charge in [-0.05, 0) is 63.5 Å². The van der Waals surface area contributed by atoms with Crippen molar-refractivity contribution in [2.24, 2.45) is 0 Å². The number of aromatic nitrogens is 3. The number of pyridine rings is 2. The molecule has 2 fully saturated rings. The van der Waals surface area contributed by atoms with Crippen molar-refractivity contribution in [3.63, 3.8) is 0 Å². The highest BCUT2D eigenvalue weighted by Gasteiger charge is 2.29. The fourth-order valence-corrected chi connectivity index (χ4v) is 6.28. The number of hydrogen-bond donors (Lipinski definition) is 1. The number of imidazole rings is 1. The van der Waals surface area contributed by atoms with E-state index < -0.39 is 0 Å². The van der Waals surface area contributed by atoms with Gasteiger partial charge < -0.3 is 14.9 Å². The van der Waals surface area contributed by atoms with E-state index >= 15 is 0 Å². The Bertz CT molecular complexity index is 1200. The summed E-state index contributed by atoms with van der Waals surface area (Å²) >= 11 is 0. The molecule has 0 spiro atoms. The Morgan fingerprint density at radius 2 is 1.92 bits per heavy atom. The molecular weight excluding hydrogens is 450 g/mol. The van der Waals surface area contributed by atoms with Gasteiger partial charge in [-0.1, -0.05) is 12.1 Å². The van der Waals surface area contributed by atoms with Gasteiger partial charge in [0.05, 0.1) is 29.2 Å². The van der Waals surface area contributed by atoms with Crippen LogP contribution in [0, 0.1) is 0 Å². The van der Waals surface area contributed by atoms with Crippen molar-refractivity contribution in [1.29, 1.82) is 0 Å². The van der Waals surface area contributed by atoms with E-state index in [1.165, 1.54) is 29.2 Å². The average Bonchev–Trinajstić information content (AvgIpc) is 3.47. The number of aryl methyl sites for hydroxylation is 1. The van der Waals surface area contributed by atoms with Crippen LogP contribution < -0.4 is 4.90 Å². The minimum Gasteiger partial charge on any atom is -0.392 e. The number of β-amino-alcohol motifs (C(OH)–C–C–N with tert-alkyl or cyclic N) is 1. The molecule has 8 heteroatoms. The predicted octanol–water partition coefficient (Wildman–Crippen LogP) is 2.56. The van der Waals surface area contributed by atoms with E-state index in [2.05, 4.69) is 68.4 Å². The lowest BCUT2D eigenvalue weighted by molar-refractivity contribution is 0.173. The lowest BCUT2D eigenvalue weighted by Crippen LogP contribution is -2.45. The fourth-order valence-electron chi connectivity index (χ4n) is 6.28. The summed E-state index contributed by atoms with van der Waals surface area (Å²) in [4.78, 5) is 19.7. The molecule has 8 nitrogen and oxygen atoms in total. The smallest absolute Gasteiger partial charge is 0.138 e. The third kappa shape index (κ3) is 4.63. The fraction of sp³-hybridized carbons (Fsp3) is 0.571. The first-order valence-corrected chi connectivity index (χ1v) is 13.5. The number of hydrogen-bond acceptors (Lipinski definition) is 7. The van der Waals surface area contributed by atoms with Gasteiger partial charge in [-0.15, -0.1) is 0 Å². The molecule has 1 N–H and O–H groups in total. The molecule has 36 heavy (non-hydrogen) atoms. The highest BCUT2D eigenvalue weighted by molar-refractivity contribution is 5.55. The molecule has 3 aromatic heterocycles. The number of likely N-dealkylation sites (N-methyl/N-ethyl adjacent to an activating group) is 1. The van der Waals surface area contributed by atoms with Crippen molar-refractivity contribution in [3.8, 4) is 0 Å². The standard InChI is InChI=1S/C28H39N7O/c1-31-14-16-34(17-15-31)27-10-4-9-26-30-23(25(35(26)27)20-33-13-11-22(36)18-33)19-32(2)24-8-3-6-21-7-5-12-29-28(21)24/h4-5,7,9-10,12,22,24,36H,3,6,8,11,13-20H2,1-2H3/t22?,24-/m0/s1. The van der Waals surface area contributed by atoms with Crippen LogP contribution in [-0.2, 0) is 19.5 Å². The first-order chi connectivity index (χ1) is 17.6. The molecule has 192 valence electrons. The summed E-state index contributed by atoms with van der Waals surface area (Å²) in [6.45, 7) is 7.46. The van der Waals surface area contributed by atoms with Gasteiger partial charge in [0.15, 0.2) is 0 Å². The number of likely N-dealkylation sites (tertiary alicyclic amines) is 1. The van der Waals surface area contributed by atoms with E-state index in [1.54, 1.807) is 0 Å². The zero-order valence-corrected chi connectivity index (χ0v) is 21.7. The van der Waals surface area contributed by atoms with Gasteiger partial charge >= 0.3 is 0 Å². The molecule has 0 aromatic carbocycles. The van der Waals surface area contributed by atoms with Gasteiger partial charge in [0.25, 0.3) is 0 Å². The summed E-state index contributed by atoms with van der Waals surface area (Å²) in [5.74, 6) is 1.24. The molecule has 1 unspecified atom stereocenters. The molecule has 0 radical (unpaired) electrons. The zero-order chi connectivity index (χ0) is 24.6. The number of aliphatic hydroxyl groups is 1. The van der Waals surface area contributed by atoms with Crippen LogP contribution in [0.25, 0.3) is 5.65 Å². The van der Waals surface area contributed by atoms with E-state index in [4.69, 9.17) is 9.97 Å². The molecule has 0 amide bonds. The normalized spacial score (nSPS) is 23.6. The molecule has 2 saturated heterocycles. The molecule has 3 aliphatic rings. The number of anilines is 1. The van der Waals surface area contributed by atoms with Gasteiger partial charge in [-0.2, -0.15) is 0 Å². The zero-order valence-electron chi connectivity index (χ0n) is 21.7. The molecular formula is C28H39N7O. The molecule has 2 aliphatic heterocycles. The van der Waals surface area contributed by atoms with Crippen molar-refractivity contribution in [2.45, 2.75) is 50.9 Å². The van der Waals surface area contributed by atoms with Crippen LogP contribution in [0.3, 0.4) is 0 Å². The van der Waals surface area contributed by atoms with Crippen LogP contribution in [-0.4, -0.2) is 93.6 Å².